The highest BCUT2D eigenvalue weighted by molar-refractivity contribution is 5.79. The topological polar surface area (TPSA) is 61.8 Å². The Morgan fingerprint density at radius 3 is 2.65 bits per heavy atom. The summed E-state index contributed by atoms with van der Waals surface area (Å²) in [5.74, 6) is 0.292. The van der Waals surface area contributed by atoms with Gasteiger partial charge in [-0.25, -0.2) is 0 Å². The van der Waals surface area contributed by atoms with Crippen molar-refractivity contribution in [2.45, 2.75) is 19.3 Å². The summed E-state index contributed by atoms with van der Waals surface area (Å²) >= 11 is 0. The van der Waals surface area contributed by atoms with Gasteiger partial charge in [-0.05, 0) is 32.0 Å². The molecule has 1 aromatic rings. The third-order valence-electron chi connectivity index (χ3n) is 2.73. The van der Waals surface area contributed by atoms with Crippen molar-refractivity contribution in [2.24, 2.45) is 10.9 Å². The lowest BCUT2D eigenvalue weighted by Gasteiger charge is -2.15. The van der Waals surface area contributed by atoms with Gasteiger partial charge in [-0.1, -0.05) is 35.5 Å². The number of oxime groups is 1. The number of amidine groups is 1. The Labute approximate surface area is 103 Å². The molecule has 0 saturated heterocycles. The molecule has 0 atom stereocenters. The normalized spacial score (nSPS) is 12.0. The third-order valence-corrected chi connectivity index (χ3v) is 2.73. The zero-order valence-corrected chi connectivity index (χ0v) is 10.3. The van der Waals surface area contributed by atoms with Gasteiger partial charge in [-0.15, -0.1) is 0 Å². The van der Waals surface area contributed by atoms with Gasteiger partial charge in [0.25, 0.3) is 0 Å². The first kappa shape index (κ1) is 13.5. The van der Waals surface area contributed by atoms with Gasteiger partial charge in [0.05, 0.1) is 0 Å². The van der Waals surface area contributed by atoms with Crippen LogP contribution in [0.15, 0.2) is 35.5 Å². The molecule has 0 aliphatic carbocycles. The Bertz CT molecular complexity index is 338. The Kier molecular flexibility index (Phi) is 6.10. The van der Waals surface area contributed by atoms with Crippen LogP contribution >= 0.6 is 0 Å². The van der Waals surface area contributed by atoms with Crippen LogP contribution in [0.25, 0.3) is 0 Å². The summed E-state index contributed by atoms with van der Waals surface area (Å²) in [6, 6.07) is 10.5. The minimum atomic E-state index is 0.292. The molecule has 0 spiro atoms. The highest BCUT2D eigenvalue weighted by Crippen LogP contribution is 2.03. The van der Waals surface area contributed by atoms with E-state index in [1.807, 2.05) is 6.07 Å². The van der Waals surface area contributed by atoms with Gasteiger partial charge in [-0.3, -0.25) is 0 Å². The first-order chi connectivity index (χ1) is 8.22. The lowest BCUT2D eigenvalue weighted by atomic mass is 10.1. The van der Waals surface area contributed by atoms with Crippen molar-refractivity contribution >= 4 is 5.84 Å². The summed E-state index contributed by atoms with van der Waals surface area (Å²) in [6.45, 7) is 1.85. The largest absolute Gasteiger partial charge is 0.409 e. The number of rotatable bonds is 7. The number of hydrogen-bond acceptors (Lipinski definition) is 3. The number of hydrogen-bond donors (Lipinski definition) is 2. The second-order valence-electron chi connectivity index (χ2n) is 4.23. The second-order valence-corrected chi connectivity index (χ2v) is 4.23. The molecule has 0 aromatic heterocycles. The molecule has 0 fully saturated rings. The van der Waals surface area contributed by atoms with E-state index in [4.69, 9.17) is 10.9 Å². The first-order valence-corrected chi connectivity index (χ1v) is 5.91. The van der Waals surface area contributed by atoms with E-state index in [0.717, 1.165) is 25.9 Å². The van der Waals surface area contributed by atoms with Crippen molar-refractivity contribution in [1.82, 2.24) is 4.90 Å². The zero-order valence-electron chi connectivity index (χ0n) is 10.3. The smallest absolute Gasteiger partial charge is 0.140 e. The lowest BCUT2D eigenvalue weighted by Crippen LogP contribution is -2.25. The van der Waals surface area contributed by atoms with Crippen LogP contribution in [0, 0.1) is 0 Å². The molecule has 0 aliphatic rings. The summed E-state index contributed by atoms with van der Waals surface area (Å²) in [4.78, 5) is 2.20. The van der Waals surface area contributed by atoms with E-state index in [9.17, 15) is 0 Å². The van der Waals surface area contributed by atoms with E-state index >= 15 is 0 Å². The van der Waals surface area contributed by atoms with Crippen molar-refractivity contribution in [2.75, 3.05) is 20.1 Å². The predicted octanol–water partition coefficient (Wildman–Crippen LogP) is 1.69. The fourth-order valence-electron chi connectivity index (χ4n) is 1.66. The van der Waals surface area contributed by atoms with Gasteiger partial charge < -0.3 is 15.8 Å². The molecule has 0 radical (unpaired) electrons. The highest BCUT2D eigenvalue weighted by Gasteiger charge is 2.00. The van der Waals surface area contributed by atoms with Gasteiger partial charge in [-0.2, -0.15) is 0 Å². The Morgan fingerprint density at radius 1 is 1.29 bits per heavy atom. The molecule has 0 saturated carbocycles. The van der Waals surface area contributed by atoms with Crippen LogP contribution in [0.2, 0.25) is 0 Å². The molecule has 0 unspecified atom stereocenters. The van der Waals surface area contributed by atoms with Gasteiger partial charge in [0, 0.05) is 13.0 Å². The number of nitrogens with zero attached hydrogens (tertiary/aromatic N) is 2. The molecule has 4 nitrogen and oxygen atoms in total. The van der Waals surface area contributed by atoms with E-state index in [1.165, 1.54) is 5.56 Å². The Morgan fingerprint density at radius 2 is 2.00 bits per heavy atom. The fraction of sp³-hybridized carbons (Fsp3) is 0.462. The van der Waals surface area contributed by atoms with Crippen molar-refractivity contribution in [3.8, 4) is 0 Å². The van der Waals surface area contributed by atoms with Crippen molar-refractivity contribution in [3.05, 3.63) is 35.9 Å². The first-order valence-electron chi connectivity index (χ1n) is 5.91. The average molecular weight is 235 g/mol. The molecular weight excluding hydrogens is 214 g/mol. The van der Waals surface area contributed by atoms with Crippen LogP contribution in [0.4, 0.5) is 0 Å². The van der Waals surface area contributed by atoms with E-state index in [-0.39, 0.29) is 0 Å². The predicted molar refractivity (Wildman–Crippen MR) is 70.3 cm³/mol. The molecule has 4 heteroatoms. The molecule has 0 aliphatic heterocycles. The zero-order chi connectivity index (χ0) is 12.5. The van der Waals surface area contributed by atoms with Gasteiger partial charge >= 0.3 is 0 Å². The van der Waals surface area contributed by atoms with E-state index in [1.54, 1.807) is 0 Å². The summed E-state index contributed by atoms with van der Waals surface area (Å²) in [6.07, 6.45) is 2.82. The van der Waals surface area contributed by atoms with Crippen LogP contribution in [0.1, 0.15) is 18.4 Å². The van der Waals surface area contributed by atoms with Crippen molar-refractivity contribution in [1.29, 1.82) is 0 Å². The maximum absolute atomic E-state index is 8.42. The monoisotopic (exact) mass is 235 g/mol. The van der Waals surface area contributed by atoms with Crippen molar-refractivity contribution in [3.63, 3.8) is 0 Å². The second kappa shape index (κ2) is 7.68. The minimum absolute atomic E-state index is 0.292. The van der Waals surface area contributed by atoms with Gasteiger partial charge in [0.1, 0.15) is 5.84 Å². The molecule has 0 amide bonds. The molecule has 17 heavy (non-hydrogen) atoms. The van der Waals surface area contributed by atoms with E-state index in [0.29, 0.717) is 12.3 Å². The number of benzene rings is 1. The highest BCUT2D eigenvalue weighted by atomic mass is 16.4. The quantitative estimate of drug-likeness (QED) is 0.327. The van der Waals surface area contributed by atoms with E-state index in [2.05, 4.69) is 41.4 Å². The SMILES string of the molecule is CN(CCCc1ccccc1)CC/C(N)=N/O. The van der Waals surface area contributed by atoms with Gasteiger partial charge in [0.15, 0.2) is 0 Å². The molecular formula is C13H21N3O. The van der Waals surface area contributed by atoms with Crippen LogP contribution < -0.4 is 5.73 Å². The summed E-state index contributed by atoms with van der Waals surface area (Å²) in [5.41, 5.74) is 6.79. The number of aryl methyl sites for hydroxylation is 1. The molecule has 0 bridgehead atoms. The standard InChI is InChI=1S/C13H21N3O/c1-16(11-9-13(14)15-17)10-5-8-12-6-3-2-4-7-12/h2-4,6-7,17H,5,8-11H2,1H3,(H2,14,15). The van der Waals surface area contributed by atoms with Crippen molar-refractivity contribution < 1.29 is 5.21 Å². The summed E-state index contributed by atoms with van der Waals surface area (Å²) < 4.78 is 0. The third kappa shape index (κ3) is 5.92. The fourth-order valence-corrected chi connectivity index (χ4v) is 1.66. The maximum Gasteiger partial charge on any atom is 0.140 e. The lowest BCUT2D eigenvalue weighted by molar-refractivity contribution is 0.310. The van der Waals surface area contributed by atoms with Crippen LogP contribution in [0.3, 0.4) is 0 Å². The number of nitrogens with two attached hydrogens (primary N) is 1. The molecule has 94 valence electrons. The molecule has 1 aromatic carbocycles. The average Bonchev–Trinajstić information content (AvgIpc) is 2.37. The van der Waals surface area contributed by atoms with Gasteiger partial charge in [0.2, 0.25) is 0 Å². The minimum Gasteiger partial charge on any atom is -0.409 e. The van der Waals surface area contributed by atoms with Crippen LogP contribution in [0.5, 0.6) is 0 Å². The van der Waals surface area contributed by atoms with Crippen LogP contribution in [-0.2, 0) is 6.42 Å². The summed E-state index contributed by atoms with van der Waals surface area (Å²) in [5, 5.41) is 11.4. The summed E-state index contributed by atoms with van der Waals surface area (Å²) in [7, 11) is 2.05. The molecule has 1 rings (SSSR count). The molecule has 0 heterocycles. The molecule has 3 N–H and O–H groups in total. The Hall–Kier alpha value is -1.55. The maximum atomic E-state index is 8.42. The van der Waals surface area contributed by atoms with Crippen LogP contribution in [-0.4, -0.2) is 36.1 Å². The Balaban J connectivity index is 2.14. The van der Waals surface area contributed by atoms with E-state index < -0.39 is 0 Å².